The van der Waals surface area contributed by atoms with Gasteiger partial charge in [0.1, 0.15) is 11.5 Å². The van der Waals surface area contributed by atoms with Crippen LogP contribution in [0.1, 0.15) is 5.56 Å². The van der Waals surface area contributed by atoms with Crippen LogP contribution < -0.4 is 10.5 Å². The van der Waals surface area contributed by atoms with Gasteiger partial charge in [-0.2, -0.15) is 0 Å². The largest absolute Gasteiger partial charge is 0.455 e. The van der Waals surface area contributed by atoms with Gasteiger partial charge in [0.25, 0.3) is 0 Å². The van der Waals surface area contributed by atoms with Crippen molar-refractivity contribution in [2.24, 2.45) is 5.73 Å². The average molecular weight is 329 g/mol. The Morgan fingerprint density at radius 3 is 2.75 bits per heavy atom. The molecule has 0 aliphatic carbocycles. The molecule has 0 saturated carbocycles. The summed E-state index contributed by atoms with van der Waals surface area (Å²) < 4.78 is 6.75. The van der Waals surface area contributed by atoms with Crippen molar-refractivity contribution in [3.63, 3.8) is 0 Å². The number of nitrogens with zero attached hydrogens (tertiary/aromatic N) is 1. The second kappa shape index (κ2) is 5.61. The summed E-state index contributed by atoms with van der Waals surface area (Å²) in [5.74, 6) is 1.46. The standard InChI is InChI=1S/C16H13BrN2O/c17-14-7-11(9-18)5-6-16(14)20-13-8-12-3-1-2-4-15(12)19-10-13/h1-8,10H,9,18H2. The predicted octanol–water partition coefficient (Wildman–Crippen LogP) is 4.25. The Morgan fingerprint density at radius 2 is 1.95 bits per heavy atom. The van der Waals surface area contributed by atoms with E-state index >= 15 is 0 Å². The van der Waals surface area contributed by atoms with E-state index < -0.39 is 0 Å². The van der Waals surface area contributed by atoms with Gasteiger partial charge in [-0.15, -0.1) is 0 Å². The van der Waals surface area contributed by atoms with Gasteiger partial charge in [-0.3, -0.25) is 4.98 Å². The summed E-state index contributed by atoms with van der Waals surface area (Å²) >= 11 is 3.49. The minimum Gasteiger partial charge on any atom is -0.455 e. The van der Waals surface area contributed by atoms with E-state index in [0.29, 0.717) is 12.3 Å². The normalized spacial score (nSPS) is 10.7. The van der Waals surface area contributed by atoms with Crippen molar-refractivity contribution in [1.29, 1.82) is 0 Å². The number of para-hydroxylation sites is 1. The second-order valence-electron chi connectivity index (χ2n) is 4.43. The molecule has 0 unspecified atom stereocenters. The van der Waals surface area contributed by atoms with Gasteiger partial charge in [0.15, 0.2) is 0 Å². The molecule has 3 aromatic rings. The molecule has 0 fully saturated rings. The zero-order valence-electron chi connectivity index (χ0n) is 10.7. The van der Waals surface area contributed by atoms with Crippen molar-refractivity contribution >= 4 is 26.8 Å². The molecule has 0 radical (unpaired) electrons. The third-order valence-corrected chi connectivity index (χ3v) is 3.64. The molecule has 1 aromatic heterocycles. The number of nitrogens with two attached hydrogens (primary N) is 1. The van der Waals surface area contributed by atoms with Crippen LogP contribution >= 0.6 is 15.9 Å². The number of hydrogen-bond donors (Lipinski definition) is 1. The van der Waals surface area contributed by atoms with Crippen molar-refractivity contribution < 1.29 is 4.74 Å². The number of halogens is 1. The highest BCUT2D eigenvalue weighted by Gasteiger charge is 2.05. The molecule has 0 saturated heterocycles. The van der Waals surface area contributed by atoms with Crippen LogP contribution in [0.5, 0.6) is 11.5 Å². The van der Waals surface area contributed by atoms with Crippen molar-refractivity contribution in [1.82, 2.24) is 4.98 Å². The molecular formula is C16H13BrN2O. The first kappa shape index (κ1) is 13.1. The zero-order chi connectivity index (χ0) is 13.9. The number of pyridine rings is 1. The molecule has 20 heavy (non-hydrogen) atoms. The summed E-state index contributed by atoms with van der Waals surface area (Å²) in [5.41, 5.74) is 7.62. The quantitative estimate of drug-likeness (QED) is 0.781. The molecule has 2 N–H and O–H groups in total. The van der Waals surface area contributed by atoms with Crippen molar-refractivity contribution in [3.8, 4) is 11.5 Å². The van der Waals surface area contributed by atoms with E-state index in [2.05, 4.69) is 20.9 Å². The summed E-state index contributed by atoms with van der Waals surface area (Å²) in [6.07, 6.45) is 1.73. The number of fused-ring (bicyclic) bond motifs is 1. The van der Waals surface area contributed by atoms with Gasteiger partial charge in [-0.1, -0.05) is 24.3 Å². The molecule has 2 aromatic carbocycles. The smallest absolute Gasteiger partial charge is 0.146 e. The number of rotatable bonds is 3. The fourth-order valence-corrected chi connectivity index (χ4v) is 2.49. The summed E-state index contributed by atoms with van der Waals surface area (Å²) in [6, 6.07) is 15.7. The lowest BCUT2D eigenvalue weighted by atomic mass is 10.2. The van der Waals surface area contributed by atoms with E-state index in [1.54, 1.807) is 6.20 Å². The van der Waals surface area contributed by atoms with E-state index in [9.17, 15) is 0 Å². The van der Waals surface area contributed by atoms with Crippen LogP contribution in [0, 0.1) is 0 Å². The lowest BCUT2D eigenvalue weighted by molar-refractivity contribution is 0.478. The minimum absolute atomic E-state index is 0.510. The fraction of sp³-hybridized carbons (Fsp3) is 0.0625. The lowest BCUT2D eigenvalue weighted by Gasteiger charge is -2.09. The van der Waals surface area contributed by atoms with E-state index in [0.717, 1.165) is 26.7 Å². The first-order chi connectivity index (χ1) is 9.76. The maximum atomic E-state index is 5.87. The Balaban J connectivity index is 1.92. The summed E-state index contributed by atoms with van der Waals surface area (Å²) in [5, 5.41) is 1.06. The molecule has 0 aliphatic heterocycles. The van der Waals surface area contributed by atoms with Crippen LogP contribution in [-0.2, 0) is 6.54 Å². The molecule has 0 bridgehead atoms. The topological polar surface area (TPSA) is 48.1 Å². The Kier molecular flexibility index (Phi) is 3.67. The van der Waals surface area contributed by atoms with Gasteiger partial charge in [-0.25, -0.2) is 0 Å². The maximum absolute atomic E-state index is 5.87. The van der Waals surface area contributed by atoms with Crippen LogP contribution in [0.2, 0.25) is 0 Å². The van der Waals surface area contributed by atoms with E-state index in [1.165, 1.54) is 0 Å². The van der Waals surface area contributed by atoms with E-state index in [-0.39, 0.29) is 0 Å². The SMILES string of the molecule is NCc1ccc(Oc2cnc3ccccc3c2)c(Br)c1. The number of aromatic nitrogens is 1. The van der Waals surface area contributed by atoms with Gasteiger partial charge >= 0.3 is 0 Å². The zero-order valence-corrected chi connectivity index (χ0v) is 12.3. The Labute approximate surface area is 125 Å². The van der Waals surface area contributed by atoms with E-state index in [4.69, 9.17) is 10.5 Å². The summed E-state index contributed by atoms with van der Waals surface area (Å²) in [4.78, 5) is 4.38. The molecular weight excluding hydrogens is 316 g/mol. The first-order valence-corrected chi connectivity index (χ1v) is 7.07. The van der Waals surface area contributed by atoms with Crippen molar-refractivity contribution in [3.05, 3.63) is 64.8 Å². The van der Waals surface area contributed by atoms with Crippen LogP contribution in [-0.4, -0.2) is 4.98 Å². The molecule has 0 aliphatic rings. The number of hydrogen-bond acceptors (Lipinski definition) is 3. The van der Waals surface area contributed by atoms with Gasteiger partial charge in [0.05, 0.1) is 16.2 Å². The molecule has 4 heteroatoms. The average Bonchev–Trinajstić information content (AvgIpc) is 2.49. The molecule has 3 rings (SSSR count). The second-order valence-corrected chi connectivity index (χ2v) is 5.29. The van der Waals surface area contributed by atoms with Gasteiger partial charge < -0.3 is 10.5 Å². The monoisotopic (exact) mass is 328 g/mol. The fourth-order valence-electron chi connectivity index (χ4n) is 1.99. The van der Waals surface area contributed by atoms with Gasteiger partial charge in [0.2, 0.25) is 0 Å². The third kappa shape index (κ3) is 2.66. The summed E-state index contributed by atoms with van der Waals surface area (Å²) in [7, 11) is 0. The number of ether oxygens (including phenoxy) is 1. The van der Waals surface area contributed by atoms with Crippen molar-refractivity contribution in [2.75, 3.05) is 0 Å². The highest BCUT2D eigenvalue weighted by atomic mass is 79.9. The molecule has 3 nitrogen and oxygen atoms in total. The Bertz CT molecular complexity index is 758. The highest BCUT2D eigenvalue weighted by molar-refractivity contribution is 9.10. The third-order valence-electron chi connectivity index (χ3n) is 3.03. The molecule has 0 atom stereocenters. The predicted molar refractivity (Wildman–Crippen MR) is 83.9 cm³/mol. The minimum atomic E-state index is 0.510. The van der Waals surface area contributed by atoms with Crippen molar-refractivity contribution in [2.45, 2.75) is 6.54 Å². The van der Waals surface area contributed by atoms with Gasteiger partial charge in [-0.05, 0) is 45.8 Å². The molecule has 0 spiro atoms. The maximum Gasteiger partial charge on any atom is 0.146 e. The van der Waals surface area contributed by atoms with Crippen LogP contribution in [0.3, 0.4) is 0 Å². The number of benzene rings is 2. The first-order valence-electron chi connectivity index (χ1n) is 6.27. The van der Waals surface area contributed by atoms with Gasteiger partial charge in [0, 0.05) is 11.9 Å². The van der Waals surface area contributed by atoms with Crippen LogP contribution in [0.25, 0.3) is 10.9 Å². The Morgan fingerprint density at radius 1 is 1.10 bits per heavy atom. The van der Waals surface area contributed by atoms with Crippen LogP contribution in [0.4, 0.5) is 0 Å². The van der Waals surface area contributed by atoms with E-state index in [1.807, 2.05) is 48.5 Å². The highest BCUT2D eigenvalue weighted by Crippen LogP contribution is 2.31. The molecule has 0 amide bonds. The summed E-state index contributed by atoms with van der Waals surface area (Å²) in [6.45, 7) is 0.510. The van der Waals surface area contributed by atoms with Crippen LogP contribution in [0.15, 0.2) is 59.2 Å². The lowest BCUT2D eigenvalue weighted by Crippen LogP contribution is -1.96. The Hall–Kier alpha value is -1.91. The molecule has 1 heterocycles. The molecule has 100 valence electrons.